The van der Waals surface area contributed by atoms with E-state index in [4.69, 9.17) is 0 Å². The summed E-state index contributed by atoms with van der Waals surface area (Å²) < 4.78 is 27.4. The predicted octanol–water partition coefficient (Wildman–Crippen LogP) is 1.87. The lowest BCUT2D eigenvalue weighted by Gasteiger charge is -2.14. The first-order valence-corrected chi connectivity index (χ1v) is 8.24. The van der Waals surface area contributed by atoms with Gasteiger partial charge >= 0.3 is 0 Å². The lowest BCUT2D eigenvalue weighted by molar-refractivity contribution is 0.559. The Morgan fingerprint density at radius 2 is 2.00 bits per heavy atom. The molecule has 0 spiro atoms. The van der Waals surface area contributed by atoms with Crippen LogP contribution in [0.25, 0.3) is 0 Å². The van der Waals surface area contributed by atoms with Crippen LogP contribution in [0.5, 0.6) is 0 Å². The lowest BCUT2D eigenvalue weighted by Crippen LogP contribution is -2.38. The second-order valence-corrected chi connectivity index (χ2v) is 7.11. The quantitative estimate of drug-likeness (QED) is 0.800. The largest absolute Gasteiger partial charge is 0.316 e. The summed E-state index contributed by atoms with van der Waals surface area (Å²) in [5.41, 5.74) is 0.928. The van der Waals surface area contributed by atoms with Crippen molar-refractivity contribution >= 4 is 26.0 Å². The summed E-state index contributed by atoms with van der Waals surface area (Å²) in [5, 5.41) is 2.59. The van der Waals surface area contributed by atoms with Crippen molar-refractivity contribution in [2.75, 3.05) is 13.1 Å². The van der Waals surface area contributed by atoms with Gasteiger partial charge in [0, 0.05) is 17.6 Å². The van der Waals surface area contributed by atoms with Crippen LogP contribution >= 0.6 is 15.9 Å². The van der Waals surface area contributed by atoms with Crippen molar-refractivity contribution in [1.29, 1.82) is 0 Å². The van der Waals surface area contributed by atoms with E-state index in [2.05, 4.69) is 26.0 Å². The van der Waals surface area contributed by atoms with E-state index < -0.39 is 15.3 Å². The average molecular weight is 335 g/mol. The molecule has 0 saturated carbocycles. The third-order valence-corrected chi connectivity index (χ3v) is 5.18. The molecular formula is C12H19BrN2O2S. The molecule has 0 aromatic heterocycles. The van der Waals surface area contributed by atoms with Crippen LogP contribution in [0.1, 0.15) is 19.4 Å². The van der Waals surface area contributed by atoms with Gasteiger partial charge in [0.05, 0.1) is 5.25 Å². The van der Waals surface area contributed by atoms with E-state index in [-0.39, 0.29) is 0 Å². The number of nitrogens with one attached hydrogen (secondary N) is 2. The molecule has 0 fully saturated rings. The van der Waals surface area contributed by atoms with E-state index >= 15 is 0 Å². The summed E-state index contributed by atoms with van der Waals surface area (Å²) >= 11 is 3.40. The number of hydrogen-bond donors (Lipinski definition) is 2. The van der Waals surface area contributed by atoms with E-state index in [1.165, 1.54) is 0 Å². The Hall–Kier alpha value is -0.430. The molecule has 18 heavy (non-hydrogen) atoms. The normalized spacial score (nSPS) is 13.5. The Morgan fingerprint density at radius 1 is 1.33 bits per heavy atom. The van der Waals surface area contributed by atoms with Crippen molar-refractivity contribution in [1.82, 2.24) is 10.0 Å². The maximum atomic E-state index is 12.0. The first kappa shape index (κ1) is 15.6. The number of hydrogen-bond acceptors (Lipinski definition) is 3. The van der Waals surface area contributed by atoms with Gasteiger partial charge in [-0.05, 0) is 25.1 Å². The fourth-order valence-electron chi connectivity index (χ4n) is 1.42. The molecule has 0 aliphatic heterocycles. The van der Waals surface area contributed by atoms with Gasteiger partial charge < -0.3 is 5.32 Å². The second kappa shape index (κ2) is 7.23. The van der Waals surface area contributed by atoms with Gasteiger partial charge in [-0.25, -0.2) is 13.1 Å². The van der Waals surface area contributed by atoms with Crippen molar-refractivity contribution in [2.24, 2.45) is 0 Å². The van der Waals surface area contributed by atoms with Gasteiger partial charge in [-0.15, -0.1) is 0 Å². The summed E-state index contributed by atoms with van der Waals surface area (Å²) in [4.78, 5) is 0. The molecule has 0 amide bonds. The lowest BCUT2D eigenvalue weighted by atomic mass is 10.2. The van der Waals surface area contributed by atoms with E-state index in [9.17, 15) is 8.42 Å². The second-order valence-electron chi connectivity index (χ2n) is 4.08. The van der Waals surface area contributed by atoms with E-state index in [1.54, 1.807) is 6.92 Å². The van der Waals surface area contributed by atoms with E-state index in [1.807, 2.05) is 31.2 Å². The molecule has 0 aliphatic rings. The molecule has 0 saturated heterocycles. The topological polar surface area (TPSA) is 58.2 Å². The number of halogens is 1. The van der Waals surface area contributed by atoms with Gasteiger partial charge in [0.15, 0.2) is 0 Å². The predicted molar refractivity (Wildman–Crippen MR) is 77.9 cm³/mol. The zero-order chi connectivity index (χ0) is 13.6. The molecule has 2 N–H and O–H groups in total. The Kier molecular flexibility index (Phi) is 6.28. The maximum absolute atomic E-state index is 12.0. The number of rotatable bonds is 7. The first-order valence-electron chi connectivity index (χ1n) is 5.90. The highest BCUT2D eigenvalue weighted by molar-refractivity contribution is 9.10. The van der Waals surface area contributed by atoms with Crippen LogP contribution < -0.4 is 10.0 Å². The molecule has 1 atom stereocenters. The van der Waals surface area contributed by atoms with Crippen LogP contribution in [0, 0.1) is 0 Å². The minimum Gasteiger partial charge on any atom is -0.316 e. The fourth-order valence-corrected chi connectivity index (χ4v) is 2.82. The standard InChI is InChI=1S/C12H19BrN2O2S/c1-3-14-8-10(2)18(16,17)15-9-11-6-4-5-7-12(11)13/h4-7,10,14-15H,3,8-9H2,1-2H3. The smallest absolute Gasteiger partial charge is 0.215 e. The molecule has 0 aliphatic carbocycles. The Balaban J connectivity index is 2.59. The van der Waals surface area contributed by atoms with Gasteiger partial charge in [-0.3, -0.25) is 0 Å². The number of benzene rings is 1. The number of sulfonamides is 1. The molecule has 0 radical (unpaired) electrons. The van der Waals surface area contributed by atoms with Gasteiger partial charge in [0.1, 0.15) is 0 Å². The molecule has 1 unspecified atom stereocenters. The van der Waals surface area contributed by atoms with Gasteiger partial charge in [0.25, 0.3) is 0 Å². The molecule has 1 aromatic rings. The molecule has 1 rings (SSSR count). The summed E-state index contributed by atoms with van der Waals surface area (Å²) in [6.45, 7) is 5.19. The van der Waals surface area contributed by atoms with E-state index in [0.717, 1.165) is 16.6 Å². The van der Waals surface area contributed by atoms with Crippen LogP contribution in [0.3, 0.4) is 0 Å². The minimum atomic E-state index is -3.28. The molecular weight excluding hydrogens is 316 g/mol. The molecule has 1 aromatic carbocycles. The molecule has 6 heteroatoms. The SMILES string of the molecule is CCNCC(C)S(=O)(=O)NCc1ccccc1Br. The average Bonchev–Trinajstić information content (AvgIpc) is 2.35. The van der Waals surface area contributed by atoms with Crippen LogP contribution in [0.4, 0.5) is 0 Å². The zero-order valence-corrected chi connectivity index (χ0v) is 13.0. The highest BCUT2D eigenvalue weighted by Crippen LogP contribution is 2.15. The molecule has 102 valence electrons. The molecule has 4 nitrogen and oxygen atoms in total. The van der Waals surface area contributed by atoms with Crippen LogP contribution in [-0.4, -0.2) is 26.8 Å². The minimum absolute atomic E-state index is 0.306. The first-order chi connectivity index (χ1) is 8.47. The van der Waals surface area contributed by atoms with Crippen molar-refractivity contribution in [3.63, 3.8) is 0 Å². The van der Waals surface area contributed by atoms with E-state index in [0.29, 0.717) is 13.1 Å². The van der Waals surface area contributed by atoms with Gasteiger partial charge in [-0.2, -0.15) is 0 Å². The van der Waals surface area contributed by atoms with Crippen LogP contribution in [0.2, 0.25) is 0 Å². The molecule has 0 bridgehead atoms. The van der Waals surface area contributed by atoms with Crippen molar-refractivity contribution in [3.05, 3.63) is 34.3 Å². The Morgan fingerprint density at radius 3 is 2.61 bits per heavy atom. The zero-order valence-electron chi connectivity index (χ0n) is 10.6. The third kappa shape index (κ3) is 4.68. The maximum Gasteiger partial charge on any atom is 0.215 e. The van der Waals surface area contributed by atoms with Gasteiger partial charge in [-0.1, -0.05) is 41.1 Å². The molecule has 0 heterocycles. The van der Waals surface area contributed by atoms with Crippen molar-refractivity contribution in [3.8, 4) is 0 Å². The van der Waals surface area contributed by atoms with Crippen LogP contribution in [-0.2, 0) is 16.6 Å². The van der Waals surface area contributed by atoms with Gasteiger partial charge in [0.2, 0.25) is 10.0 Å². The third-order valence-electron chi connectivity index (χ3n) is 2.63. The fraction of sp³-hybridized carbons (Fsp3) is 0.500. The summed E-state index contributed by atoms with van der Waals surface area (Å²) in [5.74, 6) is 0. The van der Waals surface area contributed by atoms with Crippen molar-refractivity contribution in [2.45, 2.75) is 25.6 Å². The van der Waals surface area contributed by atoms with Crippen LogP contribution in [0.15, 0.2) is 28.7 Å². The summed E-state index contributed by atoms with van der Waals surface area (Å²) in [6.07, 6.45) is 0. The highest BCUT2D eigenvalue weighted by Gasteiger charge is 2.19. The Bertz CT molecular complexity index is 477. The van der Waals surface area contributed by atoms with Crippen molar-refractivity contribution < 1.29 is 8.42 Å². The monoisotopic (exact) mass is 334 g/mol. The Labute approximate surface area is 117 Å². The highest BCUT2D eigenvalue weighted by atomic mass is 79.9. The summed E-state index contributed by atoms with van der Waals surface area (Å²) in [7, 11) is -3.28. The summed E-state index contributed by atoms with van der Waals surface area (Å²) in [6, 6.07) is 7.57.